The second-order valence-electron chi connectivity index (χ2n) is 7.92. The van der Waals surface area contributed by atoms with Crippen LogP contribution in [0.4, 0.5) is 11.4 Å². The lowest BCUT2D eigenvalue weighted by Crippen LogP contribution is -2.36. The van der Waals surface area contributed by atoms with Gasteiger partial charge in [0.2, 0.25) is 5.96 Å². The Balaban J connectivity index is 1.90. The summed E-state index contributed by atoms with van der Waals surface area (Å²) in [5.41, 5.74) is 6.24. The first-order valence-corrected chi connectivity index (χ1v) is 10.7. The third-order valence-electron chi connectivity index (χ3n) is 5.35. The van der Waals surface area contributed by atoms with E-state index in [1.54, 1.807) is 12.1 Å². The molecule has 2 aromatic carbocycles. The number of aryl methyl sites for hydroxylation is 3. The number of amides is 1. The average molecular weight is 453 g/mol. The van der Waals surface area contributed by atoms with Gasteiger partial charge in [0.15, 0.2) is 0 Å². The molecule has 3 aromatic rings. The number of aromatic nitrogens is 2. The molecule has 32 heavy (non-hydrogen) atoms. The third-order valence-corrected chi connectivity index (χ3v) is 5.59. The minimum absolute atomic E-state index is 0.244. The summed E-state index contributed by atoms with van der Waals surface area (Å²) in [6.07, 6.45) is 0. The first-order chi connectivity index (χ1) is 15.2. The molecule has 0 saturated heterocycles. The molecule has 3 rings (SSSR count). The van der Waals surface area contributed by atoms with E-state index in [1.807, 2.05) is 81.8 Å². The number of carbonyl (C=O) groups is 1. The van der Waals surface area contributed by atoms with Gasteiger partial charge in [0, 0.05) is 54.4 Å². The Morgan fingerprint density at radius 2 is 1.91 bits per heavy atom. The van der Waals surface area contributed by atoms with Crippen LogP contribution in [0, 0.1) is 20.8 Å². The highest BCUT2D eigenvalue weighted by molar-refractivity contribution is 6.30. The maximum atomic E-state index is 13.0. The molecule has 0 fully saturated rings. The molecule has 0 unspecified atom stereocenters. The van der Waals surface area contributed by atoms with Crippen molar-refractivity contribution < 1.29 is 4.79 Å². The normalized spacial score (nSPS) is 11.4. The number of anilines is 2. The van der Waals surface area contributed by atoms with Crippen molar-refractivity contribution >= 4 is 34.8 Å². The highest BCUT2D eigenvalue weighted by Gasteiger charge is 2.14. The summed E-state index contributed by atoms with van der Waals surface area (Å²) in [6.45, 7) is 6.30. The first-order valence-electron chi connectivity index (χ1n) is 10.3. The Morgan fingerprint density at radius 3 is 2.53 bits per heavy atom. The number of nitrogens with zero attached hydrogens (tertiary/aromatic N) is 4. The van der Waals surface area contributed by atoms with Gasteiger partial charge < -0.3 is 10.2 Å². The highest BCUT2D eigenvalue weighted by Crippen LogP contribution is 2.20. The molecular weight excluding hydrogens is 424 g/mol. The number of nitrogens with one attached hydrogen (secondary N) is 2. The quantitative estimate of drug-likeness (QED) is 0.442. The van der Waals surface area contributed by atoms with Gasteiger partial charge in [-0.2, -0.15) is 5.10 Å². The lowest BCUT2D eigenvalue weighted by molar-refractivity contribution is 0.0977. The van der Waals surface area contributed by atoms with Gasteiger partial charge in [-0.25, -0.2) is 4.99 Å². The van der Waals surface area contributed by atoms with Gasteiger partial charge in [-0.05, 0) is 62.7 Å². The minimum Gasteiger partial charge on any atom is -0.378 e. The zero-order chi connectivity index (χ0) is 23.4. The van der Waals surface area contributed by atoms with Crippen molar-refractivity contribution in [3.63, 3.8) is 0 Å². The third kappa shape index (κ3) is 5.48. The van der Waals surface area contributed by atoms with E-state index in [2.05, 4.69) is 20.7 Å². The number of rotatable bonds is 5. The Morgan fingerprint density at radius 1 is 1.16 bits per heavy atom. The van der Waals surface area contributed by atoms with Crippen LogP contribution in [-0.2, 0) is 13.6 Å². The molecule has 0 saturated carbocycles. The number of carbonyl (C=O) groups excluding carboxylic acids is 1. The zero-order valence-electron chi connectivity index (χ0n) is 19.3. The molecule has 7 nitrogen and oxygen atoms in total. The lowest BCUT2D eigenvalue weighted by Gasteiger charge is -2.16. The van der Waals surface area contributed by atoms with Crippen LogP contribution < -0.4 is 15.5 Å². The van der Waals surface area contributed by atoms with E-state index in [0.29, 0.717) is 23.1 Å². The summed E-state index contributed by atoms with van der Waals surface area (Å²) in [4.78, 5) is 19.7. The van der Waals surface area contributed by atoms with Crippen molar-refractivity contribution in [3.05, 3.63) is 75.6 Å². The predicted molar refractivity (Wildman–Crippen MR) is 132 cm³/mol. The second-order valence-corrected chi connectivity index (χ2v) is 8.36. The molecule has 0 bridgehead atoms. The summed E-state index contributed by atoms with van der Waals surface area (Å²) >= 11 is 6.10. The molecular formula is C24H29ClN6O. The number of guanidine groups is 1. The van der Waals surface area contributed by atoms with Gasteiger partial charge in [0.05, 0.1) is 12.2 Å². The predicted octanol–water partition coefficient (Wildman–Crippen LogP) is 4.46. The minimum atomic E-state index is -0.244. The van der Waals surface area contributed by atoms with Gasteiger partial charge >= 0.3 is 0 Å². The fourth-order valence-corrected chi connectivity index (χ4v) is 3.54. The van der Waals surface area contributed by atoms with Gasteiger partial charge in [0.25, 0.3) is 5.91 Å². The largest absolute Gasteiger partial charge is 0.378 e. The van der Waals surface area contributed by atoms with Crippen LogP contribution in [0.5, 0.6) is 0 Å². The first kappa shape index (κ1) is 23.3. The summed E-state index contributed by atoms with van der Waals surface area (Å²) in [5, 5.41) is 11.3. The summed E-state index contributed by atoms with van der Waals surface area (Å²) in [7, 11) is 5.78. The molecule has 8 heteroatoms. The van der Waals surface area contributed by atoms with Crippen molar-refractivity contribution in [2.24, 2.45) is 12.0 Å². The van der Waals surface area contributed by atoms with Crippen LogP contribution in [0.25, 0.3) is 0 Å². The van der Waals surface area contributed by atoms with Gasteiger partial charge in [0.1, 0.15) is 0 Å². The van der Waals surface area contributed by atoms with E-state index in [4.69, 9.17) is 11.6 Å². The van der Waals surface area contributed by atoms with Crippen LogP contribution in [0.15, 0.2) is 47.5 Å². The Bertz CT molecular complexity index is 1170. The highest BCUT2D eigenvalue weighted by atomic mass is 35.5. The summed E-state index contributed by atoms with van der Waals surface area (Å²) < 4.78 is 1.84. The van der Waals surface area contributed by atoms with Crippen LogP contribution in [0.3, 0.4) is 0 Å². The van der Waals surface area contributed by atoms with Crippen LogP contribution in [-0.4, -0.2) is 35.7 Å². The Hall–Kier alpha value is -3.32. The molecule has 1 heterocycles. The Kier molecular flexibility index (Phi) is 7.20. The average Bonchev–Trinajstić information content (AvgIpc) is 2.99. The van der Waals surface area contributed by atoms with Crippen LogP contribution >= 0.6 is 11.6 Å². The van der Waals surface area contributed by atoms with E-state index < -0.39 is 0 Å². The standard InChI is InChI=1S/C24H29ClN6O/c1-15-12-19(25)10-11-22(15)27-24(26-14-21-16(2)29-31(6)17(21)3)28-23(32)18-8-7-9-20(13-18)30(4)5/h7-13H,14H2,1-6H3,(H2,26,27,28,32). The number of hydrogen-bond acceptors (Lipinski definition) is 4. The summed E-state index contributed by atoms with van der Waals surface area (Å²) in [5.74, 6) is 0.115. The smallest absolute Gasteiger partial charge is 0.258 e. The van der Waals surface area contributed by atoms with E-state index in [9.17, 15) is 4.79 Å². The fraction of sp³-hybridized carbons (Fsp3) is 0.292. The number of halogens is 1. The number of hydrogen-bond donors (Lipinski definition) is 2. The monoisotopic (exact) mass is 452 g/mol. The van der Waals surface area contributed by atoms with Crippen molar-refractivity contribution in [2.45, 2.75) is 27.3 Å². The van der Waals surface area contributed by atoms with Gasteiger partial charge in [-0.3, -0.25) is 14.8 Å². The number of aliphatic imine (C=N–C) groups is 1. The number of benzene rings is 2. The topological polar surface area (TPSA) is 74.5 Å². The fourth-order valence-electron chi connectivity index (χ4n) is 3.31. The lowest BCUT2D eigenvalue weighted by atomic mass is 10.2. The summed E-state index contributed by atoms with van der Waals surface area (Å²) in [6, 6.07) is 13.0. The molecule has 2 N–H and O–H groups in total. The second kappa shape index (κ2) is 9.87. The Labute approximate surface area is 194 Å². The molecule has 0 atom stereocenters. The SMILES string of the molecule is Cc1cc(Cl)ccc1NC(=NCc1c(C)nn(C)c1C)NC(=O)c1cccc(N(C)C)c1. The molecule has 0 aliphatic carbocycles. The molecule has 0 spiro atoms. The van der Waals surface area contributed by atoms with E-state index >= 15 is 0 Å². The van der Waals surface area contributed by atoms with Gasteiger partial charge in [-0.15, -0.1) is 0 Å². The molecule has 0 aliphatic heterocycles. The maximum Gasteiger partial charge on any atom is 0.258 e. The van der Waals surface area contributed by atoms with Crippen molar-refractivity contribution in [1.82, 2.24) is 15.1 Å². The molecule has 0 aliphatic rings. The molecule has 168 valence electrons. The molecule has 0 radical (unpaired) electrons. The van der Waals surface area contributed by atoms with Crippen LogP contribution in [0.2, 0.25) is 5.02 Å². The maximum absolute atomic E-state index is 13.0. The van der Waals surface area contributed by atoms with Crippen molar-refractivity contribution in [2.75, 3.05) is 24.3 Å². The van der Waals surface area contributed by atoms with Gasteiger partial charge in [-0.1, -0.05) is 17.7 Å². The van der Waals surface area contributed by atoms with E-state index in [0.717, 1.165) is 33.9 Å². The molecule has 1 aromatic heterocycles. The molecule has 1 amide bonds. The van der Waals surface area contributed by atoms with E-state index in [1.165, 1.54) is 0 Å². The van der Waals surface area contributed by atoms with Crippen LogP contribution in [0.1, 0.15) is 32.9 Å². The van der Waals surface area contributed by atoms with E-state index in [-0.39, 0.29) is 5.91 Å². The van der Waals surface area contributed by atoms with Crippen molar-refractivity contribution in [1.29, 1.82) is 0 Å². The zero-order valence-corrected chi connectivity index (χ0v) is 20.1. The van der Waals surface area contributed by atoms with Crippen molar-refractivity contribution in [3.8, 4) is 0 Å².